The molecular weight excluding hydrogens is 344 g/mol. The number of halogens is 1. The highest BCUT2D eigenvalue weighted by molar-refractivity contribution is 7.11. The highest BCUT2D eigenvalue weighted by Gasteiger charge is 2.06. The van der Waals surface area contributed by atoms with E-state index in [-0.39, 0.29) is 0 Å². The molecule has 1 N–H and O–H groups in total. The number of aryl methyl sites for hydroxylation is 1. The highest BCUT2D eigenvalue weighted by Crippen LogP contribution is 2.16. The van der Waals surface area contributed by atoms with E-state index >= 15 is 0 Å². The third-order valence-electron chi connectivity index (χ3n) is 3.36. The van der Waals surface area contributed by atoms with Crippen LogP contribution in [0.15, 0.2) is 35.5 Å². The van der Waals surface area contributed by atoms with Crippen LogP contribution in [0.2, 0.25) is 5.02 Å². The Hall–Kier alpha value is -1.79. The number of guanidine groups is 1. The zero-order chi connectivity index (χ0) is 17.4. The average molecular weight is 367 g/mol. The second-order valence-electron chi connectivity index (χ2n) is 5.32. The first-order valence-corrected chi connectivity index (χ1v) is 8.99. The molecule has 5 nitrogen and oxygen atoms in total. The molecule has 0 radical (unpaired) electrons. The van der Waals surface area contributed by atoms with Gasteiger partial charge in [0.15, 0.2) is 5.96 Å². The number of benzene rings is 1. The molecule has 2 aromatic rings. The van der Waals surface area contributed by atoms with Gasteiger partial charge in [0.05, 0.1) is 11.6 Å². The second-order valence-corrected chi connectivity index (χ2v) is 7.07. The molecule has 0 spiro atoms. The van der Waals surface area contributed by atoms with Gasteiger partial charge in [-0.15, -0.1) is 11.3 Å². The molecule has 0 saturated carbocycles. The molecule has 1 heterocycles. The summed E-state index contributed by atoms with van der Waals surface area (Å²) in [5.74, 6) is 1.62. The van der Waals surface area contributed by atoms with Gasteiger partial charge in [0.2, 0.25) is 0 Å². The molecule has 0 atom stereocenters. The Labute approximate surface area is 152 Å². The number of aromatic nitrogens is 1. The lowest BCUT2D eigenvalue weighted by Gasteiger charge is -2.22. The van der Waals surface area contributed by atoms with Gasteiger partial charge in [-0.25, -0.2) is 4.98 Å². The fourth-order valence-corrected chi connectivity index (χ4v) is 3.11. The molecule has 0 unspecified atom stereocenters. The summed E-state index contributed by atoms with van der Waals surface area (Å²) in [5.41, 5.74) is 0. The summed E-state index contributed by atoms with van der Waals surface area (Å²) >= 11 is 7.68. The molecule has 7 heteroatoms. The molecule has 130 valence electrons. The fourth-order valence-electron chi connectivity index (χ4n) is 2.15. The normalized spacial score (nSPS) is 11.4. The van der Waals surface area contributed by atoms with Crippen LogP contribution in [-0.2, 0) is 6.42 Å². The summed E-state index contributed by atoms with van der Waals surface area (Å²) in [4.78, 5) is 11.9. The van der Waals surface area contributed by atoms with Gasteiger partial charge in [-0.1, -0.05) is 17.7 Å². The van der Waals surface area contributed by atoms with Crippen LogP contribution in [0.1, 0.15) is 9.88 Å². The van der Waals surface area contributed by atoms with Gasteiger partial charge >= 0.3 is 0 Å². The predicted octanol–water partition coefficient (Wildman–Crippen LogP) is 3.23. The summed E-state index contributed by atoms with van der Waals surface area (Å²) < 4.78 is 5.71. The molecule has 1 aromatic carbocycles. The first-order valence-electron chi connectivity index (χ1n) is 7.80. The topological polar surface area (TPSA) is 49.8 Å². The number of hydrogen-bond acceptors (Lipinski definition) is 4. The third-order valence-corrected chi connectivity index (χ3v) is 4.56. The zero-order valence-electron chi connectivity index (χ0n) is 14.3. The molecule has 0 aliphatic carbocycles. The first-order chi connectivity index (χ1) is 11.6. The number of thiazole rings is 1. The van der Waals surface area contributed by atoms with E-state index in [0.717, 1.165) is 36.2 Å². The molecule has 0 bridgehead atoms. The molecule has 24 heavy (non-hydrogen) atoms. The van der Waals surface area contributed by atoms with E-state index in [4.69, 9.17) is 16.3 Å². The Morgan fingerprint density at radius 2 is 2.29 bits per heavy atom. The van der Waals surface area contributed by atoms with Gasteiger partial charge in [0, 0.05) is 43.2 Å². The van der Waals surface area contributed by atoms with Crippen molar-refractivity contribution in [3.8, 4) is 5.75 Å². The van der Waals surface area contributed by atoms with E-state index in [2.05, 4.69) is 22.2 Å². The molecule has 0 fully saturated rings. The van der Waals surface area contributed by atoms with Crippen LogP contribution >= 0.6 is 22.9 Å². The number of nitrogens with zero attached hydrogens (tertiary/aromatic N) is 3. The van der Waals surface area contributed by atoms with Crippen molar-refractivity contribution in [2.75, 3.05) is 33.8 Å². The van der Waals surface area contributed by atoms with E-state index in [1.807, 2.05) is 42.4 Å². The number of hydrogen-bond donors (Lipinski definition) is 1. The molecule has 0 saturated heterocycles. The van der Waals surface area contributed by atoms with Crippen molar-refractivity contribution in [3.05, 3.63) is 45.4 Å². The minimum absolute atomic E-state index is 0.559. The van der Waals surface area contributed by atoms with E-state index in [0.29, 0.717) is 11.6 Å². The lowest BCUT2D eigenvalue weighted by Crippen LogP contribution is -2.41. The Kier molecular flexibility index (Phi) is 7.34. The van der Waals surface area contributed by atoms with Crippen LogP contribution in [0.5, 0.6) is 5.75 Å². The first kappa shape index (κ1) is 18.5. The number of rotatable bonds is 7. The lowest BCUT2D eigenvalue weighted by molar-refractivity contribution is 0.281. The number of aliphatic imine (C=N–C) groups is 1. The fraction of sp³-hybridized carbons (Fsp3) is 0.412. The quantitative estimate of drug-likeness (QED) is 0.603. The van der Waals surface area contributed by atoms with Gasteiger partial charge in [-0.3, -0.25) is 4.99 Å². The van der Waals surface area contributed by atoms with Crippen molar-refractivity contribution < 1.29 is 4.74 Å². The van der Waals surface area contributed by atoms with Gasteiger partial charge in [0.25, 0.3) is 0 Å². The summed E-state index contributed by atoms with van der Waals surface area (Å²) in [7, 11) is 3.77. The van der Waals surface area contributed by atoms with Gasteiger partial charge in [-0.05, 0) is 25.1 Å². The number of ether oxygens (including phenoxy) is 1. The standard InChI is InChI=1S/C17H23ClN4OS/c1-13-12-21-16(24-13)7-8-20-17(19-2)22(3)9-10-23-15-6-4-5-14(18)11-15/h4-6,11-12H,7-10H2,1-3H3,(H,19,20). The summed E-state index contributed by atoms with van der Waals surface area (Å²) in [6.45, 7) is 4.16. The van der Waals surface area contributed by atoms with E-state index < -0.39 is 0 Å². The van der Waals surface area contributed by atoms with Crippen LogP contribution in [0.25, 0.3) is 0 Å². The van der Waals surface area contributed by atoms with Crippen LogP contribution in [0.4, 0.5) is 0 Å². The van der Waals surface area contributed by atoms with Crippen LogP contribution < -0.4 is 10.1 Å². The minimum atomic E-state index is 0.559. The van der Waals surface area contributed by atoms with Gasteiger partial charge in [-0.2, -0.15) is 0 Å². The number of likely N-dealkylation sites (N-methyl/N-ethyl adjacent to an activating group) is 1. The zero-order valence-corrected chi connectivity index (χ0v) is 15.8. The Morgan fingerprint density at radius 3 is 2.96 bits per heavy atom. The van der Waals surface area contributed by atoms with Gasteiger partial charge in [0.1, 0.15) is 12.4 Å². The van der Waals surface area contributed by atoms with Crippen molar-refractivity contribution in [1.29, 1.82) is 0 Å². The maximum atomic E-state index is 5.94. The predicted molar refractivity (Wildman–Crippen MR) is 101 cm³/mol. The van der Waals surface area contributed by atoms with Crippen LogP contribution in [-0.4, -0.2) is 49.6 Å². The maximum absolute atomic E-state index is 5.94. The summed E-state index contributed by atoms with van der Waals surface area (Å²) in [5, 5.41) is 5.17. The SMILES string of the molecule is CN=C(NCCc1ncc(C)s1)N(C)CCOc1cccc(Cl)c1. The van der Waals surface area contributed by atoms with E-state index in [1.54, 1.807) is 18.4 Å². The Morgan fingerprint density at radius 1 is 1.46 bits per heavy atom. The smallest absolute Gasteiger partial charge is 0.193 e. The molecular formula is C17H23ClN4OS. The molecule has 2 rings (SSSR count). The maximum Gasteiger partial charge on any atom is 0.193 e. The molecule has 1 aromatic heterocycles. The third kappa shape index (κ3) is 6.02. The van der Waals surface area contributed by atoms with Crippen molar-refractivity contribution in [2.45, 2.75) is 13.3 Å². The summed E-state index contributed by atoms with van der Waals surface area (Å²) in [6, 6.07) is 7.41. The van der Waals surface area contributed by atoms with Crippen LogP contribution in [0, 0.1) is 6.92 Å². The Balaban J connectivity index is 1.71. The summed E-state index contributed by atoms with van der Waals surface area (Å²) in [6.07, 6.45) is 2.80. The van der Waals surface area contributed by atoms with E-state index in [9.17, 15) is 0 Å². The second kappa shape index (κ2) is 9.49. The van der Waals surface area contributed by atoms with Crippen LogP contribution in [0.3, 0.4) is 0 Å². The van der Waals surface area contributed by atoms with Crippen molar-refractivity contribution in [1.82, 2.24) is 15.2 Å². The lowest BCUT2D eigenvalue weighted by atomic mass is 10.3. The average Bonchev–Trinajstić information content (AvgIpc) is 2.97. The Bertz CT molecular complexity index is 674. The van der Waals surface area contributed by atoms with Crippen molar-refractivity contribution in [2.24, 2.45) is 4.99 Å². The minimum Gasteiger partial charge on any atom is -0.492 e. The van der Waals surface area contributed by atoms with E-state index in [1.165, 1.54) is 4.88 Å². The number of nitrogens with one attached hydrogen (secondary N) is 1. The molecule has 0 amide bonds. The van der Waals surface area contributed by atoms with Crippen molar-refractivity contribution >= 4 is 28.9 Å². The molecule has 0 aliphatic rings. The molecule has 0 aliphatic heterocycles. The highest BCUT2D eigenvalue weighted by atomic mass is 35.5. The largest absolute Gasteiger partial charge is 0.492 e. The van der Waals surface area contributed by atoms with Crippen molar-refractivity contribution in [3.63, 3.8) is 0 Å². The monoisotopic (exact) mass is 366 g/mol. The van der Waals surface area contributed by atoms with Gasteiger partial charge < -0.3 is 15.0 Å².